The third-order valence-electron chi connectivity index (χ3n) is 5.26. The molecule has 5 nitrogen and oxygen atoms in total. The molecule has 0 radical (unpaired) electrons. The highest BCUT2D eigenvalue weighted by atomic mass is 35.5. The third kappa shape index (κ3) is 7.31. The van der Waals surface area contributed by atoms with Crippen molar-refractivity contribution in [2.45, 2.75) is 45.6 Å². The smallest absolute Gasteiger partial charge is 0.223 e. The molecule has 0 spiro atoms. The molecule has 2 aliphatic rings. The lowest BCUT2D eigenvalue weighted by Gasteiger charge is -2.31. The Morgan fingerprint density at radius 3 is 2.73 bits per heavy atom. The van der Waals surface area contributed by atoms with Crippen molar-refractivity contribution in [3.8, 4) is 0 Å². The molecule has 8 heteroatoms. The second-order valence-corrected chi connectivity index (χ2v) is 8.26. The number of carbonyl (C=O) groups is 1. The molecule has 3 heterocycles. The maximum Gasteiger partial charge on any atom is 0.223 e. The van der Waals surface area contributed by atoms with Crippen molar-refractivity contribution in [1.29, 1.82) is 0 Å². The number of likely N-dealkylation sites (tertiary alicyclic amines) is 1. The van der Waals surface area contributed by atoms with E-state index in [0.717, 1.165) is 69.5 Å². The second-order valence-electron chi connectivity index (χ2n) is 7.20. The Balaban J connectivity index is 0.00000169. The van der Waals surface area contributed by atoms with E-state index < -0.39 is 0 Å². The van der Waals surface area contributed by atoms with Crippen LogP contribution in [0.5, 0.6) is 0 Å². The van der Waals surface area contributed by atoms with Gasteiger partial charge in [0.25, 0.3) is 0 Å². The number of halogens is 2. The van der Waals surface area contributed by atoms with Crippen LogP contribution >= 0.6 is 36.2 Å². The summed E-state index contributed by atoms with van der Waals surface area (Å²) >= 11 is 1.71. The minimum absolute atomic E-state index is 0. The van der Waals surface area contributed by atoms with Gasteiger partial charge in [-0.1, -0.05) is 0 Å². The molecule has 0 aliphatic carbocycles. The molecule has 1 atom stereocenters. The molecule has 150 valence electrons. The molecule has 26 heavy (non-hydrogen) atoms. The SMILES string of the molecule is Cc1nc(CN2CCC(C(=O)NCCC3CCCNC3)CC2)cs1.Cl.Cl. The van der Waals surface area contributed by atoms with Crippen LogP contribution in [0, 0.1) is 18.8 Å². The zero-order valence-electron chi connectivity index (χ0n) is 15.5. The number of hydrogen-bond donors (Lipinski definition) is 2. The van der Waals surface area contributed by atoms with E-state index in [-0.39, 0.29) is 36.6 Å². The quantitative estimate of drug-likeness (QED) is 0.739. The number of aromatic nitrogens is 1. The van der Waals surface area contributed by atoms with Crippen LogP contribution in [0.15, 0.2) is 5.38 Å². The monoisotopic (exact) mass is 422 g/mol. The van der Waals surface area contributed by atoms with E-state index in [1.807, 2.05) is 6.92 Å². The molecule has 2 aliphatic heterocycles. The van der Waals surface area contributed by atoms with E-state index in [2.05, 4.69) is 25.9 Å². The van der Waals surface area contributed by atoms with Crippen molar-refractivity contribution in [2.75, 3.05) is 32.7 Å². The highest BCUT2D eigenvalue weighted by molar-refractivity contribution is 7.09. The van der Waals surface area contributed by atoms with Crippen molar-refractivity contribution < 1.29 is 4.79 Å². The Kier molecular flexibility index (Phi) is 11.0. The Bertz CT molecular complexity index is 529. The molecule has 0 saturated carbocycles. The van der Waals surface area contributed by atoms with E-state index in [1.165, 1.54) is 18.5 Å². The van der Waals surface area contributed by atoms with Gasteiger partial charge in [-0.2, -0.15) is 0 Å². The highest BCUT2D eigenvalue weighted by Crippen LogP contribution is 2.20. The normalized spacial score (nSPS) is 21.5. The Morgan fingerprint density at radius 1 is 1.35 bits per heavy atom. The molecule has 2 fully saturated rings. The third-order valence-corrected chi connectivity index (χ3v) is 6.08. The maximum atomic E-state index is 12.4. The summed E-state index contributed by atoms with van der Waals surface area (Å²) in [4.78, 5) is 19.3. The summed E-state index contributed by atoms with van der Waals surface area (Å²) in [5.74, 6) is 1.20. The van der Waals surface area contributed by atoms with Crippen molar-refractivity contribution in [3.05, 3.63) is 16.1 Å². The largest absolute Gasteiger partial charge is 0.356 e. The van der Waals surface area contributed by atoms with Crippen LogP contribution in [0.3, 0.4) is 0 Å². The number of piperidine rings is 2. The number of carbonyl (C=O) groups excluding carboxylic acids is 1. The van der Waals surface area contributed by atoms with Gasteiger partial charge < -0.3 is 10.6 Å². The Labute approximate surface area is 173 Å². The summed E-state index contributed by atoms with van der Waals surface area (Å²) in [5.41, 5.74) is 1.17. The van der Waals surface area contributed by atoms with Crippen molar-refractivity contribution >= 4 is 42.1 Å². The number of hydrogen-bond acceptors (Lipinski definition) is 5. The maximum absolute atomic E-state index is 12.4. The fraction of sp³-hybridized carbons (Fsp3) is 0.778. The first kappa shape index (κ1) is 23.6. The summed E-state index contributed by atoms with van der Waals surface area (Å²) in [6.45, 7) is 8.08. The lowest BCUT2D eigenvalue weighted by molar-refractivity contribution is -0.126. The van der Waals surface area contributed by atoms with E-state index in [0.29, 0.717) is 0 Å². The minimum Gasteiger partial charge on any atom is -0.356 e. The second kappa shape index (κ2) is 12.1. The van der Waals surface area contributed by atoms with Crippen molar-refractivity contribution in [2.24, 2.45) is 11.8 Å². The number of thiazole rings is 1. The molecule has 0 bridgehead atoms. The van der Waals surface area contributed by atoms with Crippen molar-refractivity contribution in [1.82, 2.24) is 20.5 Å². The van der Waals surface area contributed by atoms with E-state index >= 15 is 0 Å². The number of amides is 1. The zero-order chi connectivity index (χ0) is 16.8. The van der Waals surface area contributed by atoms with Crippen LogP contribution < -0.4 is 10.6 Å². The molecule has 1 unspecified atom stereocenters. The fourth-order valence-electron chi connectivity index (χ4n) is 3.78. The number of rotatable bonds is 6. The lowest BCUT2D eigenvalue weighted by atomic mass is 9.94. The zero-order valence-corrected chi connectivity index (χ0v) is 18.0. The molecule has 0 aromatic carbocycles. The number of nitrogens with zero attached hydrogens (tertiary/aromatic N) is 2. The van der Waals surface area contributed by atoms with Gasteiger partial charge in [0.2, 0.25) is 5.91 Å². The van der Waals surface area contributed by atoms with Crippen LogP contribution in [0.25, 0.3) is 0 Å². The van der Waals surface area contributed by atoms with Gasteiger partial charge in [0.05, 0.1) is 10.7 Å². The Morgan fingerprint density at radius 2 is 2.12 bits per heavy atom. The van der Waals surface area contributed by atoms with Gasteiger partial charge in [-0.05, 0) is 71.1 Å². The molecule has 1 aromatic heterocycles. The molecular formula is C18H32Cl2N4OS. The summed E-state index contributed by atoms with van der Waals surface area (Å²) in [7, 11) is 0. The predicted octanol–water partition coefficient (Wildman–Crippen LogP) is 3.01. The standard InChI is InChI=1S/C18H30N4OS.2ClH/c1-14-21-17(13-24-14)12-22-9-5-16(6-10-22)18(23)20-8-4-15-3-2-7-19-11-15;;/h13,15-16,19H,2-12H2,1H3,(H,20,23);2*1H. The van der Waals surface area contributed by atoms with E-state index in [9.17, 15) is 4.79 Å². The topological polar surface area (TPSA) is 57.3 Å². The van der Waals surface area contributed by atoms with Crippen LogP contribution in [-0.4, -0.2) is 48.5 Å². The average Bonchev–Trinajstić information content (AvgIpc) is 3.01. The number of aryl methyl sites for hydroxylation is 1. The van der Waals surface area contributed by atoms with Gasteiger partial charge >= 0.3 is 0 Å². The molecule has 1 amide bonds. The van der Waals surface area contributed by atoms with Crippen LogP contribution in [-0.2, 0) is 11.3 Å². The first-order valence-corrected chi connectivity index (χ1v) is 10.2. The average molecular weight is 423 g/mol. The van der Waals surface area contributed by atoms with E-state index in [1.54, 1.807) is 11.3 Å². The number of nitrogens with one attached hydrogen (secondary N) is 2. The van der Waals surface area contributed by atoms with E-state index in [4.69, 9.17) is 0 Å². The van der Waals surface area contributed by atoms with Gasteiger partial charge in [-0.25, -0.2) is 4.98 Å². The van der Waals surface area contributed by atoms with Crippen LogP contribution in [0.4, 0.5) is 0 Å². The molecular weight excluding hydrogens is 391 g/mol. The van der Waals surface area contributed by atoms with Crippen LogP contribution in [0.2, 0.25) is 0 Å². The summed E-state index contributed by atoms with van der Waals surface area (Å²) in [6, 6.07) is 0. The minimum atomic E-state index is 0. The summed E-state index contributed by atoms with van der Waals surface area (Å²) in [6.07, 6.45) is 5.63. The molecule has 3 rings (SSSR count). The lowest BCUT2D eigenvalue weighted by Crippen LogP contribution is -2.41. The van der Waals surface area contributed by atoms with Gasteiger partial charge in [0.15, 0.2) is 0 Å². The van der Waals surface area contributed by atoms with Gasteiger partial charge in [0, 0.05) is 24.4 Å². The highest BCUT2D eigenvalue weighted by Gasteiger charge is 2.25. The summed E-state index contributed by atoms with van der Waals surface area (Å²) < 4.78 is 0. The Hall–Kier alpha value is -0.400. The fourth-order valence-corrected chi connectivity index (χ4v) is 4.38. The van der Waals surface area contributed by atoms with Gasteiger partial charge in [-0.3, -0.25) is 9.69 Å². The van der Waals surface area contributed by atoms with Gasteiger partial charge in [-0.15, -0.1) is 36.2 Å². The summed E-state index contributed by atoms with van der Waals surface area (Å²) in [5, 5.41) is 9.89. The van der Waals surface area contributed by atoms with Crippen molar-refractivity contribution in [3.63, 3.8) is 0 Å². The molecule has 2 saturated heterocycles. The first-order chi connectivity index (χ1) is 11.7. The van der Waals surface area contributed by atoms with Gasteiger partial charge in [0.1, 0.15) is 0 Å². The first-order valence-electron chi connectivity index (χ1n) is 9.32. The predicted molar refractivity (Wildman–Crippen MR) is 113 cm³/mol. The molecule has 1 aromatic rings. The van der Waals surface area contributed by atoms with Crippen LogP contribution in [0.1, 0.15) is 42.8 Å². The molecule has 2 N–H and O–H groups in total.